The van der Waals surface area contributed by atoms with Gasteiger partial charge in [-0.2, -0.15) is 0 Å². The fourth-order valence-electron chi connectivity index (χ4n) is 3.91. The lowest BCUT2D eigenvalue weighted by atomic mass is 9.93. The van der Waals surface area contributed by atoms with Gasteiger partial charge in [0, 0.05) is 42.6 Å². The van der Waals surface area contributed by atoms with Crippen LogP contribution in [0, 0.1) is 19.7 Å². The Morgan fingerprint density at radius 3 is 2.61 bits per heavy atom. The first-order chi connectivity index (χ1) is 15.0. The van der Waals surface area contributed by atoms with Crippen molar-refractivity contribution in [3.63, 3.8) is 0 Å². The molecule has 2 aromatic heterocycles. The van der Waals surface area contributed by atoms with Gasteiger partial charge in [0.05, 0.1) is 5.56 Å². The van der Waals surface area contributed by atoms with Gasteiger partial charge in [-0.05, 0) is 55.5 Å². The van der Waals surface area contributed by atoms with Crippen LogP contribution in [-0.2, 0) is 11.2 Å². The zero-order chi connectivity index (χ0) is 22.0. The van der Waals surface area contributed by atoms with E-state index in [9.17, 15) is 9.18 Å². The number of hydrogen-bond donors (Lipinski definition) is 1. The van der Waals surface area contributed by atoms with E-state index < -0.39 is 5.82 Å². The summed E-state index contributed by atoms with van der Waals surface area (Å²) in [6.45, 7) is 4.47. The van der Waals surface area contributed by atoms with Gasteiger partial charge in [0.25, 0.3) is 0 Å². The maximum Gasteiger partial charge on any atom is 0.198 e. The molecule has 0 aliphatic carbocycles. The SMILES string of the molecule is COCCCc1ccc(F)c(C(=O)c2c[nH]c3ncc(-c4ccc(C)cc4)cc23)c1C. The van der Waals surface area contributed by atoms with Crippen molar-refractivity contribution in [2.45, 2.75) is 26.7 Å². The summed E-state index contributed by atoms with van der Waals surface area (Å²) in [4.78, 5) is 20.9. The standard InChI is InChI=1S/C26H25FN2O2/c1-16-6-8-19(9-7-16)20-13-21-22(15-29-26(21)28-14-20)25(30)24-17(2)18(5-4-12-31-3)10-11-23(24)27/h6-11,13-15H,4-5,12H2,1-3H3,(H,28,29). The quantitative estimate of drug-likeness (QED) is 0.306. The van der Waals surface area contributed by atoms with Crippen molar-refractivity contribution in [3.05, 3.63) is 88.5 Å². The molecule has 0 atom stereocenters. The Morgan fingerprint density at radius 1 is 1.10 bits per heavy atom. The molecular weight excluding hydrogens is 391 g/mol. The first-order valence-electron chi connectivity index (χ1n) is 10.4. The van der Waals surface area contributed by atoms with Gasteiger partial charge < -0.3 is 9.72 Å². The lowest BCUT2D eigenvalue weighted by Crippen LogP contribution is -2.09. The van der Waals surface area contributed by atoms with Gasteiger partial charge in [-0.3, -0.25) is 4.79 Å². The van der Waals surface area contributed by atoms with Crippen LogP contribution in [0.4, 0.5) is 4.39 Å². The predicted molar refractivity (Wildman–Crippen MR) is 121 cm³/mol. The number of benzene rings is 2. The molecule has 0 saturated carbocycles. The minimum absolute atomic E-state index is 0.122. The van der Waals surface area contributed by atoms with Gasteiger partial charge in [-0.1, -0.05) is 35.9 Å². The Balaban J connectivity index is 1.75. The van der Waals surface area contributed by atoms with E-state index in [1.54, 1.807) is 25.6 Å². The topological polar surface area (TPSA) is 55.0 Å². The highest BCUT2D eigenvalue weighted by molar-refractivity contribution is 6.17. The van der Waals surface area contributed by atoms with Gasteiger partial charge in [0.1, 0.15) is 11.5 Å². The van der Waals surface area contributed by atoms with Gasteiger partial charge in [0.15, 0.2) is 5.78 Å². The molecule has 5 heteroatoms. The number of nitrogens with one attached hydrogen (secondary N) is 1. The molecule has 0 unspecified atom stereocenters. The molecule has 158 valence electrons. The van der Waals surface area contributed by atoms with E-state index in [0.717, 1.165) is 29.5 Å². The maximum absolute atomic E-state index is 14.8. The second kappa shape index (κ2) is 8.82. The van der Waals surface area contributed by atoms with Crippen molar-refractivity contribution < 1.29 is 13.9 Å². The Labute approximate surface area is 181 Å². The molecule has 0 bridgehead atoms. The summed E-state index contributed by atoms with van der Waals surface area (Å²) in [5.41, 5.74) is 5.89. The zero-order valence-corrected chi connectivity index (χ0v) is 18.0. The van der Waals surface area contributed by atoms with Crippen molar-refractivity contribution in [2.75, 3.05) is 13.7 Å². The van der Waals surface area contributed by atoms with Crippen molar-refractivity contribution in [1.82, 2.24) is 9.97 Å². The van der Waals surface area contributed by atoms with Gasteiger partial charge in [-0.25, -0.2) is 9.37 Å². The van der Waals surface area contributed by atoms with E-state index in [1.165, 1.54) is 11.6 Å². The van der Waals surface area contributed by atoms with Crippen LogP contribution in [0.15, 0.2) is 54.9 Å². The maximum atomic E-state index is 14.8. The highest BCUT2D eigenvalue weighted by atomic mass is 19.1. The molecule has 0 spiro atoms. The molecule has 2 heterocycles. The minimum atomic E-state index is -0.505. The average molecular weight is 416 g/mol. The summed E-state index contributed by atoms with van der Waals surface area (Å²) in [5.74, 6) is -0.840. The summed E-state index contributed by atoms with van der Waals surface area (Å²) in [7, 11) is 1.66. The number of aromatic amines is 1. The number of halogens is 1. The van der Waals surface area contributed by atoms with E-state index in [1.807, 2.05) is 44.2 Å². The number of ether oxygens (including phenoxy) is 1. The fourth-order valence-corrected chi connectivity index (χ4v) is 3.91. The highest BCUT2D eigenvalue weighted by Crippen LogP contribution is 2.29. The molecule has 0 aliphatic rings. The van der Waals surface area contributed by atoms with E-state index in [-0.39, 0.29) is 11.3 Å². The van der Waals surface area contributed by atoms with Crippen LogP contribution >= 0.6 is 0 Å². The number of pyridine rings is 1. The van der Waals surface area contributed by atoms with Gasteiger partial charge in [-0.15, -0.1) is 0 Å². The van der Waals surface area contributed by atoms with Gasteiger partial charge in [0.2, 0.25) is 0 Å². The van der Waals surface area contributed by atoms with Crippen LogP contribution in [0.1, 0.15) is 39.0 Å². The predicted octanol–water partition coefficient (Wildman–Crippen LogP) is 5.80. The normalized spacial score (nSPS) is 11.2. The third-order valence-electron chi connectivity index (χ3n) is 5.71. The monoisotopic (exact) mass is 416 g/mol. The summed E-state index contributed by atoms with van der Waals surface area (Å²) in [6.07, 6.45) is 4.94. The number of fused-ring (bicyclic) bond motifs is 1. The number of carbonyl (C=O) groups is 1. The van der Waals surface area contributed by atoms with E-state index in [2.05, 4.69) is 9.97 Å². The number of rotatable bonds is 7. The van der Waals surface area contributed by atoms with Crippen molar-refractivity contribution >= 4 is 16.8 Å². The number of carbonyl (C=O) groups excluding carboxylic acids is 1. The van der Waals surface area contributed by atoms with E-state index in [4.69, 9.17) is 4.74 Å². The molecule has 0 radical (unpaired) electrons. The Morgan fingerprint density at radius 2 is 1.87 bits per heavy atom. The average Bonchev–Trinajstić information content (AvgIpc) is 3.19. The molecule has 4 nitrogen and oxygen atoms in total. The lowest BCUT2D eigenvalue weighted by molar-refractivity contribution is 0.103. The third kappa shape index (κ3) is 4.14. The number of hydrogen-bond acceptors (Lipinski definition) is 3. The first-order valence-corrected chi connectivity index (χ1v) is 10.4. The van der Waals surface area contributed by atoms with Gasteiger partial charge >= 0.3 is 0 Å². The van der Waals surface area contributed by atoms with Crippen LogP contribution in [0.5, 0.6) is 0 Å². The van der Waals surface area contributed by atoms with E-state index in [0.29, 0.717) is 28.8 Å². The number of methoxy groups -OCH3 is 1. The number of ketones is 1. The molecule has 31 heavy (non-hydrogen) atoms. The third-order valence-corrected chi connectivity index (χ3v) is 5.71. The molecule has 1 N–H and O–H groups in total. The molecule has 4 aromatic rings. The summed E-state index contributed by atoms with van der Waals surface area (Å²) in [6, 6.07) is 13.2. The van der Waals surface area contributed by atoms with Crippen LogP contribution in [0.25, 0.3) is 22.2 Å². The minimum Gasteiger partial charge on any atom is -0.385 e. The van der Waals surface area contributed by atoms with Crippen molar-refractivity contribution in [1.29, 1.82) is 0 Å². The molecular formula is C26H25FN2O2. The lowest BCUT2D eigenvalue weighted by Gasteiger charge is -2.12. The molecule has 0 amide bonds. The van der Waals surface area contributed by atoms with Crippen LogP contribution in [0.3, 0.4) is 0 Å². The zero-order valence-electron chi connectivity index (χ0n) is 18.0. The first kappa shape index (κ1) is 20.9. The number of aromatic nitrogens is 2. The molecule has 0 fully saturated rings. The second-order valence-corrected chi connectivity index (χ2v) is 7.82. The fraction of sp³-hybridized carbons (Fsp3) is 0.231. The molecule has 0 saturated heterocycles. The van der Waals surface area contributed by atoms with Crippen molar-refractivity contribution in [2.24, 2.45) is 0 Å². The Hall–Kier alpha value is -3.31. The molecule has 0 aliphatic heterocycles. The smallest absolute Gasteiger partial charge is 0.198 e. The number of H-pyrrole nitrogens is 1. The summed E-state index contributed by atoms with van der Waals surface area (Å²) < 4.78 is 19.9. The summed E-state index contributed by atoms with van der Waals surface area (Å²) >= 11 is 0. The van der Waals surface area contributed by atoms with Crippen LogP contribution < -0.4 is 0 Å². The Bertz CT molecular complexity index is 1240. The Kier molecular flexibility index (Phi) is 5.96. The van der Waals surface area contributed by atoms with Crippen molar-refractivity contribution in [3.8, 4) is 11.1 Å². The van der Waals surface area contributed by atoms with Crippen LogP contribution in [-0.4, -0.2) is 29.5 Å². The highest BCUT2D eigenvalue weighted by Gasteiger charge is 2.22. The number of aryl methyl sites for hydroxylation is 2. The largest absolute Gasteiger partial charge is 0.385 e. The van der Waals surface area contributed by atoms with Crippen LogP contribution in [0.2, 0.25) is 0 Å². The number of nitrogens with zero attached hydrogens (tertiary/aromatic N) is 1. The molecule has 2 aromatic carbocycles. The van der Waals surface area contributed by atoms with E-state index >= 15 is 0 Å². The molecule has 4 rings (SSSR count). The summed E-state index contributed by atoms with van der Waals surface area (Å²) in [5, 5.41) is 0.687. The second-order valence-electron chi connectivity index (χ2n) is 7.82.